The summed E-state index contributed by atoms with van der Waals surface area (Å²) in [5, 5.41) is 12.6. The molecule has 76 valence electrons. The maximum absolute atomic E-state index is 9.52. The van der Waals surface area contributed by atoms with Crippen LogP contribution in [0.25, 0.3) is 0 Å². The highest BCUT2D eigenvalue weighted by Crippen LogP contribution is 2.25. The fourth-order valence-corrected chi connectivity index (χ4v) is 1.21. The topological polar surface area (TPSA) is 71.2 Å². The first kappa shape index (κ1) is 9.33. The molecule has 0 spiro atoms. The van der Waals surface area contributed by atoms with E-state index in [-0.39, 0.29) is 5.75 Å². The van der Waals surface area contributed by atoms with Crippen molar-refractivity contribution in [2.24, 2.45) is 0 Å². The number of aromatic nitrogens is 1. The van der Waals surface area contributed by atoms with Gasteiger partial charge in [0.25, 0.3) is 0 Å². The Balaban J connectivity index is 2.22. The second kappa shape index (κ2) is 3.88. The minimum atomic E-state index is 0.203. The van der Waals surface area contributed by atoms with Crippen molar-refractivity contribution < 1.29 is 5.11 Å². The van der Waals surface area contributed by atoms with Gasteiger partial charge in [0.05, 0.1) is 17.6 Å². The van der Waals surface area contributed by atoms with E-state index >= 15 is 0 Å². The number of hydrogen-bond acceptors (Lipinski definition) is 4. The maximum Gasteiger partial charge on any atom is 0.139 e. The van der Waals surface area contributed by atoms with Gasteiger partial charge in [0.15, 0.2) is 0 Å². The second-order valence-electron chi connectivity index (χ2n) is 3.11. The summed E-state index contributed by atoms with van der Waals surface area (Å²) in [5.41, 5.74) is 6.89. The Morgan fingerprint density at radius 3 is 2.60 bits per heavy atom. The highest BCUT2D eigenvalue weighted by Gasteiger charge is 1.99. The number of para-hydroxylation sites is 2. The predicted molar refractivity (Wildman–Crippen MR) is 60.0 cm³/mol. The molecule has 0 saturated carbocycles. The van der Waals surface area contributed by atoms with Crippen molar-refractivity contribution in [2.75, 3.05) is 11.1 Å². The third-order valence-electron chi connectivity index (χ3n) is 1.97. The lowest BCUT2D eigenvalue weighted by molar-refractivity contribution is 0.478. The molecule has 1 aromatic carbocycles. The average Bonchev–Trinajstić information content (AvgIpc) is 2.25. The Labute approximate surface area is 87.4 Å². The second-order valence-corrected chi connectivity index (χ2v) is 3.11. The van der Waals surface area contributed by atoms with E-state index in [1.807, 2.05) is 6.07 Å². The number of hydrogen-bond donors (Lipinski definition) is 3. The zero-order chi connectivity index (χ0) is 10.7. The summed E-state index contributed by atoms with van der Waals surface area (Å²) in [6, 6.07) is 10.5. The van der Waals surface area contributed by atoms with Crippen LogP contribution in [0.2, 0.25) is 0 Å². The molecule has 0 bridgehead atoms. The molecule has 0 saturated heterocycles. The van der Waals surface area contributed by atoms with E-state index in [0.717, 1.165) is 5.69 Å². The van der Waals surface area contributed by atoms with Crippen molar-refractivity contribution in [3.8, 4) is 5.75 Å². The lowest BCUT2D eigenvalue weighted by atomic mass is 10.3. The molecular formula is C11H11N3O. The van der Waals surface area contributed by atoms with Gasteiger partial charge in [0.1, 0.15) is 11.6 Å². The van der Waals surface area contributed by atoms with E-state index in [1.54, 1.807) is 36.5 Å². The molecule has 2 rings (SSSR count). The van der Waals surface area contributed by atoms with Crippen molar-refractivity contribution in [3.63, 3.8) is 0 Å². The van der Waals surface area contributed by atoms with E-state index in [4.69, 9.17) is 5.73 Å². The zero-order valence-corrected chi connectivity index (χ0v) is 8.01. The largest absolute Gasteiger partial charge is 0.506 e. The number of anilines is 3. The first-order chi connectivity index (χ1) is 7.25. The van der Waals surface area contributed by atoms with E-state index < -0.39 is 0 Å². The molecule has 4 nitrogen and oxygen atoms in total. The van der Waals surface area contributed by atoms with Crippen LogP contribution in [0.15, 0.2) is 42.6 Å². The number of nitrogen functional groups attached to an aromatic ring is 1. The third-order valence-corrected chi connectivity index (χ3v) is 1.97. The average molecular weight is 201 g/mol. The molecule has 4 N–H and O–H groups in total. The van der Waals surface area contributed by atoms with Crippen LogP contribution < -0.4 is 11.1 Å². The lowest BCUT2D eigenvalue weighted by Gasteiger charge is -2.07. The van der Waals surface area contributed by atoms with E-state index in [2.05, 4.69) is 10.3 Å². The molecule has 1 heterocycles. The Morgan fingerprint density at radius 1 is 1.13 bits per heavy atom. The molecule has 0 aliphatic rings. The highest BCUT2D eigenvalue weighted by atomic mass is 16.3. The van der Waals surface area contributed by atoms with Crippen LogP contribution >= 0.6 is 0 Å². The predicted octanol–water partition coefficient (Wildman–Crippen LogP) is 2.11. The van der Waals surface area contributed by atoms with Crippen molar-refractivity contribution in [1.82, 2.24) is 4.98 Å². The fraction of sp³-hybridized carbons (Fsp3) is 0. The number of pyridine rings is 1. The number of phenols is 1. The van der Waals surface area contributed by atoms with Gasteiger partial charge in [0, 0.05) is 0 Å². The molecule has 15 heavy (non-hydrogen) atoms. The zero-order valence-electron chi connectivity index (χ0n) is 8.01. The van der Waals surface area contributed by atoms with Crippen LogP contribution in [-0.2, 0) is 0 Å². The summed E-state index contributed by atoms with van der Waals surface area (Å²) >= 11 is 0. The maximum atomic E-state index is 9.52. The standard InChI is InChI=1S/C11H11N3O/c12-11-6-5-8(7-13-11)14-9-3-1-2-4-10(9)15/h1-7,14-15H,(H2,12,13). The smallest absolute Gasteiger partial charge is 0.139 e. The number of nitrogens with two attached hydrogens (primary N) is 1. The SMILES string of the molecule is Nc1ccc(Nc2ccccc2O)cn1. The summed E-state index contributed by atoms with van der Waals surface area (Å²) in [6.07, 6.45) is 1.61. The number of rotatable bonds is 2. The van der Waals surface area contributed by atoms with Gasteiger partial charge in [-0.15, -0.1) is 0 Å². The highest BCUT2D eigenvalue weighted by molar-refractivity contribution is 5.65. The number of benzene rings is 1. The number of nitrogens with one attached hydrogen (secondary N) is 1. The summed E-state index contributed by atoms with van der Waals surface area (Å²) in [6.45, 7) is 0. The van der Waals surface area contributed by atoms with Gasteiger partial charge in [0.2, 0.25) is 0 Å². The van der Waals surface area contributed by atoms with Gasteiger partial charge in [-0.25, -0.2) is 4.98 Å². The Kier molecular flexibility index (Phi) is 2.41. The van der Waals surface area contributed by atoms with Crippen LogP contribution in [0.5, 0.6) is 5.75 Å². The van der Waals surface area contributed by atoms with Gasteiger partial charge in [-0.2, -0.15) is 0 Å². The van der Waals surface area contributed by atoms with Crippen LogP contribution in [0.4, 0.5) is 17.2 Å². The lowest BCUT2D eigenvalue weighted by Crippen LogP contribution is -1.93. The molecule has 4 heteroatoms. The molecule has 0 amide bonds. The number of phenolic OH excluding ortho intramolecular Hbond substituents is 1. The Hall–Kier alpha value is -2.23. The van der Waals surface area contributed by atoms with Crippen LogP contribution in [-0.4, -0.2) is 10.1 Å². The third kappa shape index (κ3) is 2.17. The van der Waals surface area contributed by atoms with Gasteiger partial charge < -0.3 is 16.2 Å². The van der Waals surface area contributed by atoms with Crippen molar-refractivity contribution >= 4 is 17.2 Å². The summed E-state index contributed by atoms with van der Waals surface area (Å²) in [5.74, 6) is 0.673. The van der Waals surface area contributed by atoms with Gasteiger partial charge in [-0.3, -0.25) is 0 Å². The van der Waals surface area contributed by atoms with Crippen molar-refractivity contribution in [2.45, 2.75) is 0 Å². The monoisotopic (exact) mass is 201 g/mol. The minimum absolute atomic E-state index is 0.203. The number of nitrogens with zero attached hydrogens (tertiary/aromatic N) is 1. The molecule has 0 atom stereocenters. The molecule has 1 aromatic heterocycles. The normalized spacial score (nSPS) is 9.87. The molecule has 0 aliphatic carbocycles. The molecule has 0 radical (unpaired) electrons. The van der Waals surface area contributed by atoms with Crippen LogP contribution in [0.3, 0.4) is 0 Å². The van der Waals surface area contributed by atoms with Gasteiger partial charge >= 0.3 is 0 Å². The first-order valence-corrected chi connectivity index (χ1v) is 4.52. The van der Waals surface area contributed by atoms with E-state index in [1.165, 1.54) is 0 Å². The first-order valence-electron chi connectivity index (χ1n) is 4.52. The quantitative estimate of drug-likeness (QED) is 0.651. The van der Waals surface area contributed by atoms with E-state index in [0.29, 0.717) is 11.5 Å². The Morgan fingerprint density at radius 2 is 1.93 bits per heavy atom. The van der Waals surface area contributed by atoms with Gasteiger partial charge in [-0.05, 0) is 24.3 Å². The van der Waals surface area contributed by atoms with E-state index in [9.17, 15) is 5.11 Å². The van der Waals surface area contributed by atoms with Crippen molar-refractivity contribution in [3.05, 3.63) is 42.6 Å². The summed E-state index contributed by atoms with van der Waals surface area (Å²) in [4.78, 5) is 3.94. The summed E-state index contributed by atoms with van der Waals surface area (Å²) < 4.78 is 0. The van der Waals surface area contributed by atoms with Crippen LogP contribution in [0, 0.1) is 0 Å². The molecule has 0 fully saturated rings. The minimum Gasteiger partial charge on any atom is -0.506 e. The molecular weight excluding hydrogens is 190 g/mol. The molecule has 0 aliphatic heterocycles. The fourth-order valence-electron chi connectivity index (χ4n) is 1.21. The Bertz CT molecular complexity index is 454. The number of aromatic hydroxyl groups is 1. The van der Waals surface area contributed by atoms with Gasteiger partial charge in [-0.1, -0.05) is 12.1 Å². The summed E-state index contributed by atoms with van der Waals surface area (Å²) in [7, 11) is 0. The molecule has 2 aromatic rings. The van der Waals surface area contributed by atoms with Crippen molar-refractivity contribution in [1.29, 1.82) is 0 Å². The molecule has 0 unspecified atom stereocenters. The van der Waals surface area contributed by atoms with Crippen LogP contribution in [0.1, 0.15) is 0 Å².